The minimum Gasteiger partial charge on any atom is -0.274 e. The Labute approximate surface area is 118 Å². The summed E-state index contributed by atoms with van der Waals surface area (Å²) in [6.45, 7) is 0. The number of hydrogen-bond donors (Lipinski definition) is 0. The van der Waals surface area contributed by atoms with Crippen LogP contribution in [0.4, 0.5) is 5.82 Å². The predicted molar refractivity (Wildman–Crippen MR) is 78.1 cm³/mol. The first-order chi connectivity index (χ1) is 9.50. The van der Waals surface area contributed by atoms with E-state index in [0.717, 1.165) is 5.56 Å². The largest absolute Gasteiger partial charge is 0.274 e. The van der Waals surface area contributed by atoms with E-state index in [0.29, 0.717) is 12.2 Å². The quantitative estimate of drug-likeness (QED) is 0.862. The molecule has 2 aromatic rings. The maximum Gasteiger partial charge on any atom is 0.239 e. The van der Waals surface area contributed by atoms with Crippen LogP contribution in [0.5, 0.6) is 0 Å². The number of aryl methyl sites for hydroxylation is 1. The molecule has 1 saturated carbocycles. The van der Waals surface area contributed by atoms with E-state index in [9.17, 15) is 8.42 Å². The Bertz CT molecular complexity index is 709. The third-order valence-electron chi connectivity index (χ3n) is 3.75. The van der Waals surface area contributed by atoms with Crippen molar-refractivity contribution in [3.8, 4) is 0 Å². The van der Waals surface area contributed by atoms with Gasteiger partial charge in [-0.15, -0.1) is 0 Å². The Hall–Kier alpha value is -1.82. The van der Waals surface area contributed by atoms with Gasteiger partial charge in [0.05, 0.1) is 5.25 Å². The highest BCUT2D eigenvalue weighted by Crippen LogP contribution is 2.47. The smallest absolute Gasteiger partial charge is 0.239 e. The SMILES string of the molecule is CN(c1ccn(C)n1)S(=O)(=O)[C@@H]1C[C@H]1c1ccccc1. The molecule has 0 radical (unpaired) electrons. The molecule has 1 heterocycles. The highest BCUT2D eigenvalue weighted by Gasteiger charge is 2.50. The maximum absolute atomic E-state index is 12.6. The molecule has 3 rings (SSSR count). The van der Waals surface area contributed by atoms with Crippen LogP contribution in [0.2, 0.25) is 0 Å². The second-order valence-corrected chi connectivity index (χ2v) is 7.33. The molecule has 1 aromatic heterocycles. The van der Waals surface area contributed by atoms with Gasteiger partial charge in [-0.3, -0.25) is 8.99 Å². The van der Waals surface area contributed by atoms with E-state index in [2.05, 4.69) is 5.10 Å². The molecule has 0 amide bonds. The van der Waals surface area contributed by atoms with Crippen LogP contribution in [-0.2, 0) is 17.1 Å². The second-order valence-electron chi connectivity index (χ2n) is 5.15. The number of hydrogen-bond acceptors (Lipinski definition) is 3. The van der Waals surface area contributed by atoms with Crippen molar-refractivity contribution in [1.29, 1.82) is 0 Å². The summed E-state index contributed by atoms with van der Waals surface area (Å²) in [5, 5.41) is 3.81. The van der Waals surface area contributed by atoms with Crippen LogP contribution in [0, 0.1) is 0 Å². The Morgan fingerprint density at radius 2 is 1.95 bits per heavy atom. The Kier molecular flexibility index (Phi) is 3.05. The molecule has 5 nitrogen and oxygen atoms in total. The molecular weight excluding hydrogens is 274 g/mol. The van der Waals surface area contributed by atoms with E-state index < -0.39 is 10.0 Å². The highest BCUT2D eigenvalue weighted by atomic mass is 32.2. The molecule has 1 aromatic carbocycles. The average Bonchev–Trinajstić information content (AvgIpc) is 3.15. The number of benzene rings is 1. The predicted octanol–water partition coefficient (Wildman–Crippen LogP) is 1.74. The summed E-state index contributed by atoms with van der Waals surface area (Å²) >= 11 is 0. The zero-order chi connectivity index (χ0) is 14.3. The minimum absolute atomic E-state index is 0.104. The molecule has 0 aliphatic heterocycles. The van der Waals surface area contributed by atoms with Gasteiger partial charge in [0.25, 0.3) is 0 Å². The summed E-state index contributed by atoms with van der Waals surface area (Å²) in [4.78, 5) is 0. The van der Waals surface area contributed by atoms with Gasteiger partial charge in [0.1, 0.15) is 0 Å². The van der Waals surface area contributed by atoms with Gasteiger partial charge in [0, 0.05) is 32.3 Å². The second kappa shape index (κ2) is 4.63. The third-order valence-corrected chi connectivity index (χ3v) is 5.98. The van der Waals surface area contributed by atoms with Crippen molar-refractivity contribution >= 4 is 15.8 Å². The number of nitrogens with zero attached hydrogens (tertiary/aromatic N) is 3. The van der Waals surface area contributed by atoms with Crippen LogP contribution in [0.1, 0.15) is 17.9 Å². The summed E-state index contributed by atoms with van der Waals surface area (Å²) in [7, 11) is -0.00614. The van der Waals surface area contributed by atoms with Crippen LogP contribution in [-0.4, -0.2) is 30.5 Å². The Balaban J connectivity index is 1.81. The first kappa shape index (κ1) is 13.2. The zero-order valence-corrected chi connectivity index (χ0v) is 12.3. The van der Waals surface area contributed by atoms with Gasteiger partial charge in [-0.2, -0.15) is 5.10 Å². The lowest BCUT2D eigenvalue weighted by molar-refractivity contribution is 0.591. The molecule has 0 N–H and O–H groups in total. The van der Waals surface area contributed by atoms with Crippen molar-refractivity contribution in [2.45, 2.75) is 17.6 Å². The lowest BCUT2D eigenvalue weighted by Gasteiger charge is -2.16. The standard InChI is InChI=1S/C14H17N3O2S/c1-16-9-8-14(15-16)17(2)20(18,19)13-10-12(13)11-6-4-3-5-7-11/h3-9,12-13H,10H2,1-2H3/t12-,13+/m0/s1. The van der Waals surface area contributed by atoms with E-state index in [-0.39, 0.29) is 11.2 Å². The van der Waals surface area contributed by atoms with Gasteiger partial charge in [-0.25, -0.2) is 8.42 Å². The van der Waals surface area contributed by atoms with Crippen LogP contribution < -0.4 is 4.31 Å². The summed E-state index contributed by atoms with van der Waals surface area (Å²) in [5.74, 6) is 0.568. The molecule has 1 fully saturated rings. The molecule has 2 atom stereocenters. The van der Waals surface area contributed by atoms with Crippen LogP contribution in [0.3, 0.4) is 0 Å². The van der Waals surface area contributed by atoms with E-state index in [1.807, 2.05) is 30.3 Å². The molecule has 0 bridgehead atoms. The van der Waals surface area contributed by atoms with E-state index >= 15 is 0 Å². The van der Waals surface area contributed by atoms with Crippen molar-refractivity contribution in [3.63, 3.8) is 0 Å². The monoisotopic (exact) mass is 291 g/mol. The molecular formula is C14H17N3O2S. The fourth-order valence-corrected chi connectivity index (χ4v) is 4.24. The lowest BCUT2D eigenvalue weighted by Crippen LogP contribution is -2.31. The molecule has 0 unspecified atom stereocenters. The van der Waals surface area contributed by atoms with Crippen LogP contribution in [0.25, 0.3) is 0 Å². The minimum atomic E-state index is -3.35. The number of sulfonamides is 1. The molecule has 6 heteroatoms. The Morgan fingerprint density at radius 1 is 1.25 bits per heavy atom. The molecule has 0 spiro atoms. The van der Waals surface area contributed by atoms with Gasteiger partial charge < -0.3 is 0 Å². The molecule has 20 heavy (non-hydrogen) atoms. The summed E-state index contributed by atoms with van der Waals surface area (Å²) < 4.78 is 28.0. The van der Waals surface area contributed by atoms with Crippen LogP contribution in [0.15, 0.2) is 42.6 Å². The fourth-order valence-electron chi connectivity index (χ4n) is 2.46. The molecule has 1 aliphatic carbocycles. The highest BCUT2D eigenvalue weighted by molar-refractivity contribution is 7.93. The molecule has 106 valence electrons. The van der Waals surface area contributed by atoms with E-state index in [1.165, 1.54) is 4.31 Å². The van der Waals surface area contributed by atoms with Gasteiger partial charge in [-0.1, -0.05) is 30.3 Å². The first-order valence-corrected chi connectivity index (χ1v) is 8.03. The number of anilines is 1. The van der Waals surface area contributed by atoms with Crippen molar-refractivity contribution < 1.29 is 8.42 Å². The van der Waals surface area contributed by atoms with Crippen molar-refractivity contribution in [1.82, 2.24) is 9.78 Å². The van der Waals surface area contributed by atoms with E-state index in [1.54, 1.807) is 31.0 Å². The van der Waals surface area contributed by atoms with Crippen molar-refractivity contribution in [3.05, 3.63) is 48.2 Å². The van der Waals surface area contributed by atoms with Gasteiger partial charge >= 0.3 is 0 Å². The average molecular weight is 291 g/mol. The summed E-state index contributed by atoms with van der Waals surface area (Å²) in [5.41, 5.74) is 1.09. The summed E-state index contributed by atoms with van der Waals surface area (Å²) in [6.07, 6.45) is 2.42. The zero-order valence-electron chi connectivity index (χ0n) is 11.5. The van der Waals surface area contributed by atoms with Gasteiger partial charge in [0.2, 0.25) is 10.0 Å². The van der Waals surface area contributed by atoms with Crippen molar-refractivity contribution in [2.24, 2.45) is 7.05 Å². The Morgan fingerprint density at radius 3 is 2.55 bits per heavy atom. The lowest BCUT2D eigenvalue weighted by atomic mass is 10.1. The van der Waals surface area contributed by atoms with Gasteiger partial charge in [-0.05, 0) is 12.0 Å². The fraction of sp³-hybridized carbons (Fsp3) is 0.357. The molecule has 0 saturated heterocycles. The van der Waals surface area contributed by atoms with Crippen molar-refractivity contribution in [2.75, 3.05) is 11.4 Å². The topological polar surface area (TPSA) is 55.2 Å². The van der Waals surface area contributed by atoms with Gasteiger partial charge in [0.15, 0.2) is 5.82 Å². The number of rotatable bonds is 4. The normalized spacial score (nSPS) is 21.7. The maximum atomic E-state index is 12.6. The van der Waals surface area contributed by atoms with E-state index in [4.69, 9.17) is 0 Å². The van der Waals surface area contributed by atoms with Crippen LogP contribution >= 0.6 is 0 Å². The first-order valence-electron chi connectivity index (χ1n) is 6.52. The third kappa shape index (κ3) is 2.20. The summed E-state index contributed by atoms with van der Waals surface area (Å²) in [6, 6.07) is 11.5. The number of aromatic nitrogens is 2. The molecule has 1 aliphatic rings.